The van der Waals surface area contributed by atoms with E-state index in [0.717, 1.165) is 11.2 Å². The largest absolute Gasteiger partial charge is 0.490 e. The second-order valence-corrected chi connectivity index (χ2v) is 5.44. The molecule has 0 spiro atoms. The van der Waals surface area contributed by atoms with Gasteiger partial charge in [0.1, 0.15) is 0 Å². The molecule has 8 heteroatoms. The zero-order chi connectivity index (χ0) is 13.5. The number of hydrogen-bond acceptors (Lipinski definition) is 4. The van der Waals surface area contributed by atoms with Gasteiger partial charge in [-0.2, -0.15) is 36.7 Å². The molecule has 0 aliphatic carbocycles. The summed E-state index contributed by atoms with van der Waals surface area (Å²) < 4.78 is 31.7. The van der Waals surface area contributed by atoms with Crippen molar-refractivity contribution in [1.82, 2.24) is 5.32 Å². The summed E-state index contributed by atoms with van der Waals surface area (Å²) in [5.41, 5.74) is 0. The van der Waals surface area contributed by atoms with Crippen molar-refractivity contribution in [3.63, 3.8) is 0 Å². The van der Waals surface area contributed by atoms with Crippen LogP contribution >= 0.6 is 23.5 Å². The fourth-order valence-corrected chi connectivity index (χ4v) is 3.13. The summed E-state index contributed by atoms with van der Waals surface area (Å²) in [6.07, 6.45) is -0.680. The Labute approximate surface area is 107 Å². The molecule has 0 aromatic rings. The van der Waals surface area contributed by atoms with E-state index in [1.54, 1.807) is 0 Å². The number of hydrogen-bond donors (Lipinski definition) is 2. The van der Waals surface area contributed by atoms with Gasteiger partial charge < -0.3 is 10.4 Å². The molecule has 17 heavy (non-hydrogen) atoms. The van der Waals surface area contributed by atoms with E-state index < -0.39 is 12.1 Å². The van der Waals surface area contributed by atoms with Gasteiger partial charge in [-0.1, -0.05) is 0 Å². The molecule has 0 radical (unpaired) electrons. The molecular formula is C9H16F3NO2S2. The van der Waals surface area contributed by atoms with Crippen molar-refractivity contribution in [1.29, 1.82) is 0 Å². The maximum absolute atomic E-state index is 10.6. The Morgan fingerprint density at radius 3 is 2.29 bits per heavy atom. The maximum atomic E-state index is 10.6. The van der Waals surface area contributed by atoms with Crippen LogP contribution in [-0.2, 0) is 4.79 Å². The van der Waals surface area contributed by atoms with E-state index >= 15 is 0 Å². The van der Waals surface area contributed by atoms with Gasteiger partial charge in [-0.05, 0) is 30.7 Å². The Bertz CT molecular complexity index is 239. The van der Waals surface area contributed by atoms with E-state index in [0.29, 0.717) is 0 Å². The van der Waals surface area contributed by atoms with E-state index in [-0.39, 0.29) is 0 Å². The zero-order valence-electron chi connectivity index (χ0n) is 9.58. The van der Waals surface area contributed by atoms with Crippen molar-refractivity contribution in [2.45, 2.75) is 11.4 Å². The minimum Gasteiger partial charge on any atom is -0.475 e. The summed E-state index contributed by atoms with van der Waals surface area (Å²) in [6.45, 7) is 2.44. The predicted molar refractivity (Wildman–Crippen MR) is 65.7 cm³/mol. The number of aliphatic carboxylic acids is 1. The van der Waals surface area contributed by atoms with Crippen LogP contribution in [0.15, 0.2) is 0 Å². The molecule has 1 fully saturated rings. The molecule has 1 saturated heterocycles. The lowest BCUT2D eigenvalue weighted by molar-refractivity contribution is -0.192. The molecule has 1 aliphatic rings. The van der Waals surface area contributed by atoms with Gasteiger partial charge in [0.05, 0.1) is 0 Å². The Balaban J connectivity index is 0.000000325. The first-order chi connectivity index (χ1) is 7.82. The third-order valence-electron chi connectivity index (χ3n) is 2.20. The molecule has 2 atom stereocenters. The number of nitrogens with one attached hydrogen (secondary N) is 1. The van der Waals surface area contributed by atoms with Crippen molar-refractivity contribution in [3.05, 3.63) is 0 Å². The van der Waals surface area contributed by atoms with Crippen LogP contribution in [-0.4, -0.2) is 53.9 Å². The highest BCUT2D eigenvalue weighted by molar-refractivity contribution is 7.99. The van der Waals surface area contributed by atoms with Crippen LogP contribution in [0, 0.1) is 5.92 Å². The molecule has 1 aliphatic heterocycles. The summed E-state index contributed by atoms with van der Waals surface area (Å²) >= 11 is 3.97. The lowest BCUT2D eigenvalue weighted by atomic mass is 10.1. The molecule has 1 heterocycles. The molecule has 0 saturated carbocycles. The lowest BCUT2D eigenvalue weighted by Crippen LogP contribution is -2.21. The second-order valence-electron chi connectivity index (χ2n) is 3.45. The quantitative estimate of drug-likeness (QED) is 0.832. The van der Waals surface area contributed by atoms with Crippen molar-refractivity contribution in [2.24, 2.45) is 5.92 Å². The summed E-state index contributed by atoms with van der Waals surface area (Å²) in [4.78, 5) is 8.90. The Morgan fingerprint density at radius 1 is 1.41 bits per heavy atom. The third kappa shape index (κ3) is 7.05. The van der Waals surface area contributed by atoms with Crippen LogP contribution in [0.2, 0.25) is 0 Å². The van der Waals surface area contributed by atoms with Gasteiger partial charge in [-0.3, -0.25) is 0 Å². The minimum atomic E-state index is -5.08. The number of rotatable bonds is 3. The molecule has 102 valence electrons. The Morgan fingerprint density at radius 2 is 1.94 bits per heavy atom. The summed E-state index contributed by atoms with van der Waals surface area (Å²) in [7, 11) is 0. The van der Waals surface area contributed by atoms with E-state index in [4.69, 9.17) is 9.90 Å². The summed E-state index contributed by atoms with van der Waals surface area (Å²) in [5, 5.41) is 11.4. The maximum Gasteiger partial charge on any atom is 0.490 e. The number of carboxylic acids is 1. The lowest BCUT2D eigenvalue weighted by Gasteiger charge is -2.13. The molecule has 0 amide bonds. The first-order valence-electron chi connectivity index (χ1n) is 4.85. The van der Waals surface area contributed by atoms with Crippen LogP contribution in [0.25, 0.3) is 0 Å². The van der Waals surface area contributed by atoms with Crippen molar-refractivity contribution in [2.75, 3.05) is 31.4 Å². The van der Waals surface area contributed by atoms with E-state index in [1.165, 1.54) is 18.8 Å². The molecule has 0 aromatic heterocycles. The fourth-order valence-electron chi connectivity index (χ4n) is 1.37. The second kappa shape index (κ2) is 8.10. The Kier molecular flexibility index (Phi) is 8.06. The number of carbonyl (C=O) groups is 1. The van der Waals surface area contributed by atoms with Crippen LogP contribution in [0.1, 0.15) is 0 Å². The average molecular weight is 291 g/mol. The van der Waals surface area contributed by atoms with Gasteiger partial charge in [0, 0.05) is 11.8 Å². The number of halogens is 3. The molecule has 1 rings (SSSR count). The van der Waals surface area contributed by atoms with Gasteiger partial charge >= 0.3 is 12.1 Å². The van der Waals surface area contributed by atoms with Crippen LogP contribution in [0.3, 0.4) is 0 Å². The molecule has 2 unspecified atom stereocenters. The van der Waals surface area contributed by atoms with Crippen LogP contribution in [0.5, 0.6) is 0 Å². The van der Waals surface area contributed by atoms with Gasteiger partial charge in [0.2, 0.25) is 0 Å². The molecule has 2 N–H and O–H groups in total. The SMILES string of the molecule is CSCC1CNCC1SC.O=C(O)C(F)(F)F. The normalized spacial score (nSPS) is 24.1. The van der Waals surface area contributed by atoms with Gasteiger partial charge in [-0.25, -0.2) is 4.79 Å². The zero-order valence-corrected chi connectivity index (χ0v) is 11.2. The highest BCUT2D eigenvalue weighted by Gasteiger charge is 2.38. The smallest absolute Gasteiger partial charge is 0.475 e. The number of thioether (sulfide) groups is 2. The van der Waals surface area contributed by atoms with Gasteiger partial charge in [-0.15, -0.1) is 0 Å². The average Bonchev–Trinajstić information content (AvgIpc) is 2.65. The number of alkyl halides is 3. The third-order valence-corrected chi connectivity index (χ3v) is 4.12. The summed E-state index contributed by atoms with van der Waals surface area (Å²) in [5.74, 6) is -0.532. The first-order valence-corrected chi connectivity index (χ1v) is 7.53. The van der Waals surface area contributed by atoms with E-state index in [2.05, 4.69) is 17.8 Å². The monoisotopic (exact) mass is 291 g/mol. The molecule has 3 nitrogen and oxygen atoms in total. The topological polar surface area (TPSA) is 49.3 Å². The van der Waals surface area contributed by atoms with E-state index in [9.17, 15) is 13.2 Å². The van der Waals surface area contributed by atoms with Crippen molar-refractivity contribution < 1.29 is 23.1 Å². The van der Waals surface area contributed by atoms with Gasteiger partial charge in [0.15, 0.2) is 0 Å². The van der Waals surface area contributed by atoms with E-state index in [1.807, 2.05) is 23.5 Å². The summed E-state index contributed by atoms with van der Waals surface area (Å²) in [6, 6.07) is 0. The van der Waals surface area contributed by atoms with Crippen LogP contribution in [0.4, 0.5) is 13.2 Å². The highest BCUT2D eigenvalue weighted by Crippen LogP contribution is 2.23. The first kappa shape index (κ1) is 16.9. The molecule has 0 aromatic carbocycles. The predicted octanol–water partition coefficient (Wildman–Crippen LogP) is 1.93. The standard InChI is InChI=1S/C7H15NS2.C2HF3O2/c1-9-5-6-3-8-4-7(6)10-2;3-2(4,5)1(6)7/h6-8H,3-5H2,1-2H3;(H,6,7). The minimum absolute atomic E-state index is 0.868. The molecule has 0 bridgehead atoms. The fraction of sp³-hybridized carbons (Fsp3) is 0.889. The van der Waals surface area contributed by atoms with Crippen LogP contribution < -0.4 is 5.32 Å². The van der Waals surface area contributed by atoms with Crippen molar-refractivity contribution >= 4 is 29.5 Å². The number of carboxylic acid groups (broad SMARTS) is 1. The Hall–Kier alpha value is -0.0800. The van der Waals surface area contributed by atoms with Gasteiger partial charge in [0.25, 0.3) is 0 Å². The highest BCUT2D eigenvalue weighted by atomic mass is 32.2. The molecular weight excluding hydrogens is 275 g/mol. The van der Waals surface area contributed by atoms with Crippen molar-refractivity contribution in [3.8, 4) is 0 Å².